The van der Waals surface area contributed by atoms with E-state index < -0.39 is 22.5 Å². The Bertz CT molecular complexity index is 350. The number of Topliss-reactive ketones (excluding diaryl/α,β-unsaturated/α-hetero) is 2. The molecule has 4 atom stereocenters. The van der Waals surface area contributed by atoms with Crippen molar-refractivity contribution in [3.05, 3.63) is 10.1 Å². The summed E-state index contributed by atoms with van der Waals surface area (Å²) in [6, 6.07) is -1.54. The predicted octanol–water partition coefficient (Wildman–Crippen LogP) is 0.446. The molecule has 5 nitrogen and oxygen atoms in total. The highest BCUT2D eigenvalue weighted by Gasteiger charge is 2.65. The number of fused-ring (bicyclic) bond motifs is 5. The zero-order chi connectivity index (χ0) is 10.7. The lowest BCUT2D eigenvalue weighted by molar-refractivity contribution is -0.492. The number of nitrogens with zero attached hydrogens (tertiary/aromatic N) is 1. The number of rotatable bonds is 1. The van der Waals surface area contributed by atoms with Crippen LogP contribution in [0.15, 0.2) is 0 Å². The maximum Gasteiger partial charge on any atom is 0.328 e. The van der Waals surface area contributed by atoms with Crippen LogP contribution in [0.25, 0.3) is 0 Å². The van der Waals surface area contributed by atoms with E-state index in [1.54, 1.807) is 0 Å². The summed E-state index contributed by atoms with van der Waals surface area (Å²) in [7, 11) is 0. The molecule has 0 aliphatic heterocycles. The maximum atomic E-state index is 11.8. The van der Waals surface area contributed by atoms with Crippen LogP contribution in [-0.4, -0.2) is 22.5 Å². The summed E-state index contributed by atoms with van der Waals surface area (Å²) in [5, 5.41) is 10.7. The van der Waals surface area contributed by atoms with Gasteiger partial charge in [-0.25, -0.2) is 0 Å². The second kappa shape index (κ2) is 2.65. The minimum atomic E-state index is -1.54. The van der Waals surface area contributed by atoms with Crippen LogP contribution in [0, 0.1) is 33.8 Å². The van der Waals surface area contributed by atoms with Crippen molar-refractivity contribution in [1.82, 2.24) is 0 Å². The van der Waals surface area contributed by atoms with Gasteiger partial charge >= 0.3 is 6.04 Å². The summed E-state index contributed by atoms with van der Waals surface area (Å²) in [6.45, 7) is 0. The molecule has 3 aliphatic carbocycles. The number of carbonyl (C=O) groups is 2. The highest BCUT2D eigenvalue weighted by atomic mass is 16.6. The van der Waals surface area contributed by atoms with Gasteiger partial charge in [0.15, 0.2) is 0 Å². The molecule has 0 saturated heterocycles. The summed E-state index contributed by atoms with van der Waals surface area (Å²) in [6.07, 6.45) is 2.86. The second-order valence-electron chi connectivity index (χ2n) is 4.88. The first kappa shape index (κ1) is 9.00. The van der Waals surface area contributed by atoms with Crippen molar-refractivity contribution < 1.29 is 14.5 Å². The predicted molar refractivity (Wildman–Crippen MR) is 48.6 cm³/mol. The first-order chi connectivity index (χ1) is 7.11. The monoisotopic (exact) mass is 209 g/mol. The zero-order valence-corrected chi connectivity index (χ0v) is 8.09. The molecule has 3 saturated carbocycles. The third kappa shape index (κ3) is 0.931. The van der Waals surface area contributed by atoms with Gasteiger partial charge in [0.25, 0.3) is 0 Å². The molecule has 2 bridgehead atoms. The van der Waals surface area contributed by atoms with Gasteiger partial charge in [0.2, 0.25) is 11.6 Å². The first-order valence-corrected chi connectivity index (χ1v) is 5.32. The van der Waals surface area contributed by atoms with Gasteiger partial charge in [-0.3, -0.25) is 19.7 Å². The fourth-order valence-electron chi connectivity index (χ4n) is 3.82. The highest BCUT2D eigenvalue weighted by molar-refractivity contribution is 6.14. The molecule has 0 N–H and O–H groups in total. The Hall–Kier alpha value is -1.26. The first-order valence-electron chi connectivity index (χ1n) is 5.32. The van der Waals surface area contributed by atoms with Crippen molar-refractivity contribution >= 4 is 11.6 Å². The molecule has 0 amide bonds. The van der Waals surface area contributed by atoms with Crippen LogP contribution in [0.3, 0.4) is 0 Å². The molecule has 0 radical (unpaired) electrons. The van der Waals surface area contributed by atoms with Crippen LogP contribution in [0.5, 0.6) is 0 Å². The van der Waals surface area contributed by atoms with Crippen LogP contribution >= 0.6 is 0 Å². The van der Waals surface area contributed by atoms with Gasteiger partial charge in [0, 0.05) is 16.8 Å². The van der Waals surface area contributed by atoms with E-state index in [-0.39, 0.29) is 23.7 Å². The topological polar surface area (TPSA) is 77.3 Å². The van der Waals surface area contributed by atoms with Gasteiger partial charge in [0.1, 0.15) is 0 Å². The lowest BCUT2D eigenvalue weighted by Crippen LogP contribution is -2.33. The van der Waals surface area contributed by atoms with Crippen molar-refractivity contribution in [2.45, 2.75) is 25.3 Å². The van der Waals surface area contributed by atoms with Crippen molar-refractivity contribution in [3.8, 4) is 0 Å². The normalized spacial score (nSPS) is 47.3. The number of nitro groups is 1. The quantitative estimate of drug-likeness (QED) is 0.357. The molecule has 4 unspecified atom stereocenters. The Morgan fingerprint density at radius 2 is 1.53 bits per heavy atom. The maximum absolute atomic E-state index is 11.8. The molecule has 15 heavy (non-hydrogen) atoms. The van der Waals surface area contributed by atoms with Crippen LogP contribution in [0.4, 0.5) is 0 Å². The van der Waals surface area contributed by atoms with Gasteiger partial charge in [0.05, 0.1) is 0 Å². The van der Waals surface area contributed by atoms with Crippen molar-refractivity contribution in [1.29, 1.82) is 0 Å². The van der Waals surface area contributed by atoms with E-state index in [1.165, 1.54) is 0 Å². The Kier molecular flexibility index (Phi) is 1.59. The number of ketones is 2. The van der Waals surface area contributed by atoms with Gasteiger partial charge in [-0.1, -0.05) is 0 Å². The largest absolute Gasteiger partial charge is 0.328 e. The third-order valence-corrected chi connectivity index (χ3v) is 4.32. The molecule has 0 heterocycles. The molecule has 0 aromatic rings. The van der Waals surface area contributed by atoms with Crippen molar-refractivity contribution in [2.75, 3.05) is 0 Å². The fourth-order valence-corrected chi connectivity index (χ4v) is 3.82. The summed E-state index contributed by atoms with van der Waals surface area (Å²) in [5.41, 5.74) is 0. The van der Waals surface area contributed by atoms with Crippen LogP contribution in [0.1, 0.15) is 19.3 Å². The molecule has 3 rings (SSSR count). The van der Waals surface area contributed by atoms with Gasteiger partial charge in [-0.2, -0.15) is 0 Å². The zero-order valence-electron chi connectivity index (χ0n) is 8.09. The lowest BCUT2D eigenvalue weighted by Gasteiger charge is -2.20. The van der Waals surface area contributed by atoms with Crippen LogP contribution in [0.2, 0.25) is 0 Å². The van der Waals surface area contributed by atoms with E-state index in [2.05, 4.69) is 0 Å². The molecular formula is C10H11NO4. The summed E-state index contributed by atoms with van der Waals surface area (Å²) < 4.78 is 0. The Balaban J connectivity index is 2.00. The van der Waals surface area contributed by atoms with Gasteiger partial charge < -0.3 is 0 Å². The molecule has 3 fully saturated rings. The summed E-state index contributed by atoms with van der Waals surface area (Å²) in [4.78, 5) is 33.5. The average Bonchev–Trinajstić information content (AvgIpc) is 2.79. The van der Waals surface area contributed by atoms with Crippen LogP contribution in [-0.2, 0) is 9.59 Å². The van der Waals surface area contributed by atoms with Crippen molar-refractivity contribution in [2.24, 2.45) is 23.7 Å². The SMILES string of the molecule is O=C1C2C3CCC(C3)C2C(=O)C1[N+](=O)[O-]. The van der Waals surface area contributed by atoms with E-state index >= 15 is 0 Å². The fraction of sp³-hybridized carbons (Fsp3) is 0.800. The second-order valence-corrected chi connectivity index (χ2v) is 4.88. The number of hydrogen-bond donors (Lipinski definition) is 0. The smallest absolute Gasteiger partial charge is 0.291 e. The Morgan fingerprint density at radius 3 is 1.93 bits per heavy atom. The molecular weight excluding hydrogens is 198 g/mol. The van der Waals surface area contributed by atoms with E-state index in [0.29, 0.717) is 0 Å². The van der Waals surface area contributed by atoms with E-state index in [4.69, 9.17) is 0 Å². The molecule has 5 heteroatoms. The van der Waals surface area contributed by atoms with Crippen molar-refractivity contribution in [3.63, 3.8) is 0 Å². The Labute approximate surface area is 86.0 Å². The molecule has 0 aromatic heterocycles. The minimum Gasteiger partial charge on any atom is -0.291 e. The molecule has 0 spiro atoms. The minimum absolute atomic E-state index is 0.251. The summed E-state index contributed by atoms with van der Waals surface area (Å²) in [5.74, 6) is -0.953. The molecule has 3 aliphatic rings. The average molecular weight is 209 g/mol. The number of hydrogen-bond acceptors (Lipinski definition) is 4. The van der Waals surface area contributed by atoms with E-state index in [9.17, 15) is 19.7 Å². The highest BCUT2D eigenvalue weighted by Crippen LogP contribution is 2.56. The lowest BCUT2D eigenvalue weighted by atomic mass is 9.81. The Morgan fingerprint density at radius 1 is 1.07 bits per heavy atom. The standard InChI is InChI=1S/C10H11NO4/c12-9-6-4-1-2-5(3-4)7(6)10(13)8(9)11(14)15/h4-8H,1-3H2. The van der Waals surface area contributed by atoms with Crippen LogP contribution < -0.4 is 0 Å². The third-order valence-electron chi connectivity index (χ3n) is 4.32. The van der Waals surface area contributed by atoms with Gasteiger partial charge in [-0.05, 0) is 31.1 Å². The summed E-state index contributed by atoms with van der Waals surface area (Å²) >= 11 is 0. The van der Waals surface area contributed by atoms with E-state index in [0.717, 1.165) is 19.3 Å². The van der Waals surface area contributed by atoms with Gasteiger partial charge in [-0.15, -0.1) is 0 Å². The van der Waals surface area contributed by atoms with E-state index in [1.807, 2.05) is 0 Å². The molecule has 80 valence electrons. The number of carbonyl (C=O) groups excluding carboxylic acids is 2. The molecule has 0 aromatic carbocycles.